The normalized spacial score (nSPS) is 14.7. The minimum Gasteiger partial charge on any atom is -0.449 e. The molecule has 2 aromatic rings. The average molecular weight is 366 g/mol. The summed E-state index contributed by atoms with van der Waals surface area (Å²) < 4.78 is 5.26. The number of nitrogens with zero attached hydrogens (tertiary/aromatic N) is 1. The van der Waals surface area contributed by atoms with E-state index in [-0.39, 0.29) is 5.91 Å². The highest BCUT2D eigenvalue weighted by Crippen LogP contribution is 2.22. The first-order chi connectivity index (χ1) is 12.9. The number of aryl methyl sites for hydroxylation is 1. The molecule has 27 heavy (non-hydrogen) atoms. The van der Waals surface area contributed by atoms with E-state index in [0.29, 0.717) is 24.2 Å². The number of rotatable bonds is 5. The van der Waals surface area contributed by atoms with Gasteiger partial charge >= 0.3 is 5.97 Å². The molecule has 0 spiro atoms. The van der Waals surface area contributed by atoms with Gasteiger partial charge in [0.2, 0.25) is 5.91 Å². The summed E-state index contributed by atoms with van der Waals surface area (Å²) in [6.45, 7) is 4.15. The Kier molecular flexibility index (Phi) is 5.54. The summed E-state index contributed by atoms with van der Waals surface area (Å²) in [6, 6.07) is 14.0. The maximum absolute atomic E-state index is 12.3. The lowest BCUT2D eigenvalue weighted by molar-refractivity contribution is -0.123. The standard InChI is InChI=1S/C21H22N2O4/c1-14-5-3-6-17(13-14)22-20(25)15(2)27-21(26)16-8-10-18(11-9-16)23-12-4-7-19(23)24/h3,5-6,8-11,13,15H,4,7,12H2,1-2H3,(H,22,25)/t15-/m1/s1. The number of nitrogens with one attached hydrogen (secondary N) is 1. The first kappa shape index (κ1) is 18.6. The van der Waals surface area contributed by atoms with Crippen LogP contribution in [0.25, 0.3) is 0 Å². The molecule has 0 aromatic heterocycles. The second-order valence-corrected chi connectivity index (χ2v) is 6.60. The maximum Gasteiger partial charge on any atom is 0.338 e. The molecular weight excluding hydrogens is 344 g/mol. The first-order valence-corrected chi connectivity index (χ1v) is 8.93. The van der Waals surface area contributed by atoms with Crippen molar-refractivity contribution in [2.24, 2.45) is 0 Å². The summed E-state index contributed by atoms with van der Waals surface area (Å²) in [7, 11) is 0. The van der Waals surface area contributed by atoms with Gasteiger partial charge in [0.05, 0.1) is 5.56 Å². The fourth-order valence-electron chi connectivity index (χ4n) is 2.95. The number of hydrogen-bond donors (Lipinski definition) is 1. The van der Waals surface area contributed by atoms with E-state index >= 15 is 0 Å². The number of anilines is 2. The van der Waals surface area contributed by atoms with Crippen LogP contribution in [0.2, 0.25) is 0 Å². The number of hydrogen-bond acceptors (Lipinski definition) is 4. The molecule has 0 unspecified atom stereocenters. The molecule has 0 radical (unpaired) electrons. The molecule has 0 saturated carbocycles. The van der Waals surface area contributed by atoms with Crippen LogP contribution in [0.1, 0.15) is 35.7 Å². The summed E-state index contributed by atoms with van der Waals surface area (Å²) >= 11 is 0. The van der Waals surface area contributed by atoms with Crippen molar-refractivity contribution >= 4 is 29.2 Å². The summed E-state index contributed by atoms with van der Waals surface area (Å²) in [5.74, 6) is -0.888. The highest BCUT2D eigenvalue weighted by molar-refractivity contribution is 5.98. The number of carbonyl (C=O) groups is 3. The van der Waals surface area contributed by atoms with Crippen LogP contribution in [-0.2, 0) is 14.3 Å². The monoisotopic (exact) mass is 366 g/mol. The van der Waals surface area contributed by atoms with Crippen molar-refractivity contribution in [3.8, 4) is 0 Å². The van der Waals surface area contributed by atoms with Gasteiger partial charge in [-0.2, -0.15) is 0 Å². The molecule has 1 N–H and O–H groups in total. The Morgan fingerprint density at radius 3 is 2.52 bits per heavy atom. The minimum atomic E-state index is -0.933. The zero-order valence-electron chi connectivity index (χ0n) is 15.4. The molecule has 6 nitrogen and oxygen atoms in total. The topological polar surface area (TPSA) is 75.7 Å². The Balaban J connectivity index is 1.59. The Morgan fingerprint density at radius 1 is 1.15 bits per heavy atom. The van der Waals surface area contributed by atoms with Gasteiger partial charge in [0.15, 0.2) is 6.10 Å². The minimum absolute atomic E-state index is 0.0896. The predicted octanol–water partition coefficient (Wildman–Crippen LogP) is 3.31. The highest BCUT2D eigenvalue weighted by atomic mass is 16.5. The SMILES string of the molecule is Cc1cccc(NC(=O)[C@@H](C)OC(=O)c2ccc(N3CCCC3=O)cc2)c1. The van der Waals surface area contributed by atoms with Crippen molar-refractivity contribution in [1.29, 1.82) is 0 Å². The molecule has 0 bridgehead atoms. The van der Waals surface area contributed by atoms with E-state index in [1.165, 1.54) is 6.92 Å². The van der Waals surface area contributed by atoms with Gasteiger partial charge < -0.3 is 15.0 Å². The van der Waals surface area contributed by atoms with E-state index in [4.69, 9.17) is 4.74 Å². The Morgan fingerprint density at radius 2 is 1.89 bits per heavy atom. The average Bonchev–Trinajstić information content (AvgIpc) is 3.07. The van der Waals surface area contributed by atoms with Crippen LogP contribution in [0.15, 0.2) is 48.5 Å². The van der Waals surface area contributed by atoms with Crippen molar-refractivity contribution in [3.63, 3.8) is 0 Å². The van der Waals surface area contributed by atoms with Gasteiger partial charge in [-0.15, -0.1) is 0 Å². The van der Waals surface area contributed by atoms with Crippen LogP contribution in [-0.4, -0.2) is 30.4 Å². The van der Waals surface area contributed by atoms with E-state index in [1.807, 2.05) is 25.1 Å². The third-order valence-electron chi connectivity index (χ3n) is 4.43. The predicted molar refractivity (Wildman–Crippen MR) is 103 cm³/mol. The molecule has 0 aliphatic carbocycles. The number of amides is 2. The molecule has 1 fully saturated rings. The van der Waals surface area contributed by atoms with Crippen LogP contribution in [0, 0.1) is 6.92 Å². The highest BCUT2D eigenvalue weighted by Gasteiger charge is 2.23. The zero-order chi connectivity index (χ0) is 19.4. The molecule has 2 amide bonds. The van der Waals surface area contributed by atoms with E-state index in [0.717, 1.165) is 17.7 Å². The van der Waals surface area contributed by atoms with Crippen molar-refractivity contribution in [1.82, 2.24) is 0 Å². The van der Waals surface area contributed by atoms with Gasteiger partial charge in [0.25, 0.3) is 5.91 Å². The van der Waals surface area contributed by atoms with E-state index in [9.17, 15) is 14.4 Å². The zero-order valence-corrected chi connectivity index (χ0v) is 15.4. The number of ether oxygens (including phenoxy) is 1. The van der Waals surface area contributed by atoms with E-state index in [1.54, 1.807) is 35.2 Å². The maximum atomic E-state index is 12.3. The van der Waals surface area contributed by atoms with Crippen molar-refractivity contribution in [3.05, 3.63) is 59.7 Å². The van der Waals surface area contributed by atoms with Crippen molar-refractivity contribution in [2.75, 3.05) is 16.8 Å². The molecule has 1 heterocycles. The molecule has 1 saturated heterocycles. The lowest BCUT2D eigenvalue weighted by atomic mass is 10.2. The molecule has 1 atom stereocenters. The van der Waals surface area contributed by atoms with Gasteiger partial charge in [-0.1, -0.05) is 12.1 Å². The quantitative estimate of drug-likeness (QED) is 0.824. The number of carbonyl (C=O) groups excluding carboxylic acids is 3. The molecule has 2 aromatic carbocycles. The summed E-state index contributed by atoms with van der Waals surface area (Å²) in [6.07, 6.45) is 0.464. The number of benzene rings is 2. The number of esters is 1. The summed E-state index contributed by atoms with van der Waals surface area (Å²) in [5.41, 5.74) is 2.77. The fraction of sp³-hybridized carbons (Fsp3) is 0.286. The van der Waals surface area contributed by atoms with E-state index in [2.05, 4.69) is 5.32 Å². The van der Waals surface area contributed by atoms with Gasteiger partial charge in [-0.25, -0.2) is 4.79 Å². The molecule has 1 aliphatic heterocycles. The van der Waals surface area contributed by atoms with Crippen LogP contribution in [0.5, 0.6) is 0 Å². The molecule has 140 valence electrons. The van der Waals surface area contributed by atoms with Gasteiger partial charge in [-0.3, -0.25) is 9.59 Å². The summed E-state index contributed by atoms with van der Waals surface area (Å²) in [4.78, 5) is 38.0. The van der Waals surface area contributed by atoms with Crippen LogP contribution >= 0.6 is 0 Å². The Bertz CT molecular complexity index is 861. The molecule has 6 heteroatoms. The van der Waals surface area contributed by atoms with Crippen LogP contribution in [0.3, 0.4) is 0 Å². The third-order valence-corrected chi connectivity index (χ3v) is 4.43. The third kappa shape index (κ3) is 4.53. The Hall–Kier alpha value is -3.15. The van der Waals surface area contributed by atoms with Crippen molar-refractivity contribution < 1.29 is 19.1 Å². The largest absolute Gasteiger partial charge is 0.449 e. The second-order valence-electron chi connectivity index (χ2n) is 6.60. The lowest BCUT2D eigenvalue weighted by Crippen LogP contribution is -2.30. The molecule has 3 rings (SSSR count). The smallest absolute Gasteiger partial charge is 0.338 e. The van der Waals surface area contributed by atoms with Gasteiger partial charge in [0, 0.05) is 24.3 Å². The Labute approximate surface area is 158 Å². The molecular formula is C21H22N2O4. The van der Waals surface area contributed by atoms with Gasteiger partial charge in [0.1, 0.15) is 0 Å². The second kappa shape index (κ2) is 8.03. The van der Waals surface area contributed by atoms with Crippen molar-refractivity contribution in [2.45, 2.75) is 32.8 Å². The molecule has 1 aliphatic rings. The van der Waals surface area contributed by atoms with Crippen LogP contribution < -0.4 is 10.2 Å². The lowest BCUT2D eigenvalue weighted by Gasteiger charge is -2.16. The fourth-order valence-corrected chi connectivity index (χ4v) is 2.95. The van der Waals surface area contributed by atoms with Crippen LogP contribution in [0.4, 0.5) is 11.4 Å². The summed E-state index contributed by atoms with van der Waals surface area (Å²) in [5, 5.41) is 2.73. The van der Waals surface area contributed by atoms with E-state index < -0.39 is 18.0 Å². The van der Waals surface area contributed by atoms with Gasteiger partial charge in [-0.05, 0) is 62.2 Å². The first-order valence-electron chi connectivity index (χ1n) is 8.93.